The number of carbonyl (C=O) groups is 2. The van der Waals surface area contributed by atoms with E-state index in [1.807, 2.05) is 27.7 Å². The lowest BCUT2D eigenvalue weighted by atomic mass is 9.81. The highest BCUT2D eigenvalue weighted by Gasteiger charge is 2.47. The Labute approximate surface area is 127 Å². The van der Waals surface area contributed by atoms with Gasteiger partial charge in [-0.25, -0.2) is 0 Å². The van der Waals surface area contributed by atoms with Crippen LogP contribution in [0.1, 0.15) is 40.5 Å². The average molecular weight is 292 g/mol. The standard InChI is InChI=1S/C17H24O4/c1-13(2)9-7-11-17(15(18)20-5,16(19)21-6)12-8-10-14(3)4/h13-14H,11-12H2,1-6H3. The summed E-state index contributed by atoms with van der Waals surface area (Å²) in [6.45, 7) is 7.74. The minimum atomic E-state index is -1.48. The number of carbonyl (C=O) groups excluding carboxylic acids is 2. The quantitative estimate of drug-likeness (QED) is 0.453. The van der Waals surface area contributed by atoms with Gasteiger partial charge in [0.2, 0.25) is 0 Å². The van der Waals surface area contributed by atoms with Crippen LogP contribution in [0.5, 0.6) is 0 Å². The average Bonchev–Trinajstić information content (AvgIpc) is 2.43. The smallest absolute Gasteiger partial charge is 0.325 e. The molecule has 0 aliphatic rings. The Kier molecular flexibility index (Phi) is 8.24. The summed E-state index contributed by atoms with van der Waals surface area (Å²) in [6.07, 6.45) is 0.0780. The summed E-state index contributed by atoms with van der Waals surface area (Å²) in [5.41, 5.74) is -1.48. The lowest BCUT2D eigenvalue weighted by Gasteiger charge is -2.24. The van der Waals surface area contributed by atoms with Crippen molar-refractivity contribution >= 4 is 11.9 Å². The van der Waals surface area contributed by atoms with E-state index < -0.39 is 17.4 Å². The van der Waals surface area contributed by atoms with Gasteiger partial charge in [-0.05, 0) is 0 Å². The minimum Gasteiger partial charge on any atom is -0.468 e. The molecule has 21 heavy (non-hydrogen) atoms. The zero-order valence-electron chi connectivity index (χ0n) is 13.7. The molecule has 0 aromatic carbocycles. The molecule has 0 aliphatic heterocycles. The number of esters is 2. The number of methoxy groups -OCH3 is 2. The van der Waals surface area contributed by atoms with E-state index in [-0.39, 0.29) is 24.7 Å². The van der Waals surface area contributed by atoms with Crippen molar-refractivity contribution in [3.05, 3.63) is 0 Å². The van der Waals surface area contributed by atoms with Crippen LogP contribution in [0.2, 0.25) is 0 Å². The van der Waals surface area contributed by atoms with Crippen molar-refractivity contribution < 1.29 is 19.1 Å². The van der Waals surface area contributed by atoms with Gasteiger partial charge < -0.3 is 9.47 Å². The first-order valence-corrected chi connectivity index (χ1v) is 6.93. The highest BCUT2D eigenvalue weighted by molar-refractivity contribution is 6.00. The molecular formula is C17H24O4. The van der Waals surface area contributed by atoms with Gasteiger partial charge in [0.1, 0.15) is 0 Å². The topological polar surface area (TPSA) is 52.6 Å². The van der Waals surface area contributed by atoms with Crippen LogP contribution in [-0.2, 0) is 19.1 Å². The van der Waals surface area contributed by atoms with Crippen molar-refractivity contribution in [1.82, 2.24) is 0 Å². The van der Waals surface area contributed by atoms with E-state index in [1.165, 1.54) is 14.2 Å². The summed E-state index contributed by atoms with van der Waals surface area (Å²) < 4.78 is 9.56. The van der Waals surface area contributed by atoms with E-state index in [1.54, 1.807) is 0 Å². The van der Waals surface area contributed by atoms with Crippen LogP contribution in [0, 0.1) is 40.9 Å². The van der Waals surface area contributed by atoms with Crippen molar-refractivity contribution in [2.45, 2.75) is 40.5 Å². The molecule has 0 saturated heterocycles. The van der Waals surface area contributed by atoms with E-state index >= 15 is 0 Å². The Morgan fingerprint density at radius 1 is 0.857 bits per heavy atom. The van der Waals surface area contributed by atoms with Gasteiger partial charge in [0.15, 0.2) is 5.41 Å². The second-order valence-corrected chi connectivity index (χ2v) is 5.37. The van der Waals surface area contributed by atoms with Crippen molar-refractivity contribution in [2.75, 3.05) is 14.2 Å². The summed E-state index contributed by atoms with van der Waals surface area (Å²) in [4.78, 5) is 24.3. The molecule has 0 bridgehead atoms. The molecule has 0 aromatic heterocycles. The maximum absolute atomic E-state index is 12.1. The van der Waals surface area contributed by atoms with Gasteiger partial charge in [-0.15, -0.1) is 23.7 Å². The van der Waals surface area contributed by atoms with Crippen molar-refractivity contribution in [3.8, 4) is 23.7 Å². The lowest BCUT2D eigenvalue weighted by Crippen LogP contribution is -2.40. The Morgan fingerprint density at radius 3 is 1.43 bits per heavy atom. The Hall–Kier alpha value is -1.94. The maximum Gasteiger partial charge on any atom is 0.325 e. The summed E-state index contributed by atoms with van der Waals surface area (Å²) >= 11 is 0. The van der Waals surface area contributed by atoms with Crippen LogP contribution in [0.15, 0.2) is 0 Å². The molecule has 116 valence electrons. The summed E-state index contributed by atoms with van der Waals surface area (Å²) in [6, 6.07) is 0. The lowest BCUT2D eigenvalue weighted by molar-refractivity contribution is -0.168. The number of ether oxygens (including phenoxy) is 2. The maximum atomic E-state index is 12.1. The molecule has 0 rings (SSSR count). The summed E-state index contributed by atoms with van der Waals surface area (Å²) in [5.74, 6) is 10.6. The second kappa shape index (κ2) is 9.08. The third kappa shape index (κ3) is 5.92. The van der Waals surface area contributed by atoms with Gasteiger partial charge >= 0.3 is 11.9 Å². The third-order valence-electron chi connectivity index (χ3n) is 2.71. The highest BCUT2D eigenvalue weighted by Crippen LogP contribution is 2.29. The Bertz CT molecular complexity index is 434. The largest absolute Gasteiger partial charge is 0.468 e. The van der Waals surface area contributed by atoms with E-state index in [0.29, 0.717) is 0 Å². The van der Waals surface area contributed by atoms with E-state index in [0.717, 1.165) is 0 Å². The number of hydrogen-bond donors (Lipinski definition) is 0. The SMILES string of the molecule is COC(=O)C(CC#CC(C)C)(CC#CC(C)C)C(=O)OC. The van der Waals surface area contributed by atoms with Gasteiger partial charge in [0.05, 0.1) is 14.2 Å². The molecule has 4 heteroatoms. The molecule has 0 saturated carbocycles. The van der Waals surface area contributed by atoms with Gasteiger partial charge in [0.25, 0.3) is 0 Å². The van der Waals surface area contributed by atoms with Crippen LogP contribution in [-0.4, -0.2) is 26.2 Å². The molecule has 0 aliphatic carbocycles. The molecule has 0 heterocycles. The monoisotopic (exact) mass is 292 g/mol. The molecule has 0 unspecified atom stereocenters. The van der Waals surface area contributed by atoms with Crippen molar-refractivity contribution in [3.63, 3.8) is 0 Å². The van der Waals surface area contributed by atoms with Crippen LogP contribution in [0.3, 0.4) is 0 Å². The molecular weight excluding hydrogens is 268 g/mol. The summed E-state index contributed by atoms with van der Waals surface area (Å²) in [7, 11) is 2.48. The first-order chi connectivity index (χ1) is 9.80. The number of rotatable bonds is 4. The first kappa shape index (κ1) is 19.1. The number of hydrogen-bond acceptors (Lipinski definition) is 4. The van der Waals surface area contributed by atoms with E-state index in [2.05, 4.69) is 23.7 Å². The molecule has 0 N–H and O–H groups in total. The fourth-order valence-corrected chi connectivity index (χ4v) is 1.64. The Morgan fingerprint density at radius 2 is 1.19 bits per heavy atom. The third-order valence-corrected chi connectivity index (χ3v) is 2.71. The van der Waals surface area contributed by atoms with Gasteiger partial charge in [-0.2, -0.15) is 0 Å². The van der Waals surface area contributed by atoms with E-state index in [9.17, 15) is 9.59 Å². The zero-order valence-corrected chi connectivity index (χ0v) is 13.7. The van der Waals surface area contributed by atoms with Crippen LogP contribution < -0.4 is 0 Å². The molecule has 0 fully saturated rings. The molecule has 4 nitrogen and oxygen atoms in total. The predicted molar refractivity (Wildman–Crippen MR) is 80.9 cm³/mol. The second-order valence-electron chi connectivity index (χ2n) is 5.37. The normalized spacial score (nSPS) is 10.3. The molecule has 0 radical (unpaired) electrons. The van der Waals surface area contributed by atoms with Crippen molar-refractivity contribution in [2.24, 2.45) is 17.3 Å². The zero-order chi connectivity index (χ0) is 16.5. The minimum absolute atomic E-state index is 0.0390. The van der Waals surface area contributed by atoms with Crippen LogP contribution >= 0.6 is 0 Å². The van der Waals surface area contributed by atoms with Gasteiger partial charge in [0, 0.05) is 24.7 Å². The molecule has 0 aromatic rings. The fraction of sp³-hybridized carbons (Fsp3) is 0.647. The van der Waals surface area contributed by atoms with Gasteiger partial charge in [-0.1, -0.05) is 27.7 Å². The van der Waals surface area contributed by atoms with Gasteiger partial charge in [-0.3, -0.25) is 9.59 Å². The van der Waals surface area contributed by atoms with E-state index in [4.69, 9.17) is 9.47 Å². The molecule has 0 spiro atoms. The van der Waals surface area contributed by atoms with Crippen LogP contribution in [0.4, 0.5) is 0 Å². The first-order valence-electron chi connectivity index (χ1n) is 6.93. The fourth-order valence-electron chi connectivity index (χ4n) is 1.64. The molecule has 0 amide bonds. The molecule has 0 atom stereocenters. The summed E-state index contributed by atoms with van der Waals surface area (Å²) in [5, 5.41) is 0. The Balaban J connectivity index is 5.56. The predicted octanol–water partition coefficient (Wildman–Crippen LogP) is 2.42. The highest BCUT2D eigenvalue weighted by atomic mass is 16.5. The van der Waals surface area contributed by atoms with Crippen molar-refractivity contribution in [1.29, 1.82) is 0 Å². The van der Waals surface area contributed by atoms with Crippen LogP contribution in [0.25, 0.3) is 0 Å².